The Morgan fingerprint density at radius 3 is 2.64 bits per heavy atom. The molecule has 1 aliphatic carbocycles. The minimum atomic E-state index is -0.532. The molecule has 0 bridgehead atoms. The van der Waals surface area contributed by atoms with Gasteiger partial charge in [-0.25, -0.2) is 9.59 Å². The zero-order valence-corrected chi connectivity index (χ0v) is 21.2. The van der Waals surface area contributed by atoms with Gasteiger partial charge in [-0.1, -0.05) is 60.5 Å². The second-order valence-corrected chi connectivity index (χ2v) is 9.81. The summed E-state index contributed by atoms with van der Waals surface area (Å²) in [5.41, 5.74) is 3.61. The molecule has 0 unspecified atom stereocenters. The molecule has 3 aromatic carbocycles. The van der Waals surface area contributed by atoms with Gasteiger partial charge in [0.2, 0.25) is 0 Å². The summed E-state index contributed by atoms with van der Waals surface area (Å²) in [6, 6.07) is 17.7. The number of halogens is 2. The van der Waals surface area contributed by atoms with Gasteiger partial charge in [0.1, 0.15) is 11.3 Å². The van der Waals surface area contributed by atoms with E-state index in [1.54, 1.807) is 36.4 Å². The van der Waals surface area contributed by atoms with Crippen molar-refractivity contribution in [2.24, 2.45) is 5.92 Å². The molecule has 0 fully saturated rings. The van der Waals surface area contributed by atoms with Gasteiger partial charge in [0.25, 0.3) is 0 Å². The van der Waals surface area contributed by atoms with Gasteiger partial charge in [0.05, 0.1) is 18.2 Å². The van der Waals surface area contributed by atoms with Crippen molar-refractivity contribution in [1.82, 2.24) is 0 Å². The Kier molecular flexibility index (Phi) is 7.04. The van der Waals surface area contributed by atoms with Gasteiger partial charge in [-0.05, 0) is 72.4 Å². The quantitative estimate of drug-likeness (QED) is 0.205. The van der Waals surface area contributed by atoms with Crippen molar-refractivity contribution in [3.8, 4) is 5.75 Å². The van der Waals surface area contributed by atoms with Crippen molar-refractivity contribution in [3.63, 3.8) is 0 Å². The first-order valence-corrected chi connectivity index (χ1v) is 12.7. The standard InChI is InChI=1S/C29H25Cl2NO4/c1-2-14-35-29(34)22-6-3-4-9-26(22)36-28(33)17-10-13-25-23(15-17)19-7-5-8-20(19)27(32-25)21-12-11-18(30)16-24(21)31/h3-7,9-13,15-16,19-20,27,32H,2,8,14H2,1H3/t19-,20+,27+/m0/s1. The summed E-state index contributed by atoms with van der Waals surface area (Å²) in [5.74, 6) is -0.496. The van der Waals surface area contributed by atoms with Crippen LogP contribution in [-0.4, -0.2) is 18.5 Å². The molecule has 3 aromatic rings. The number of carbonyl (C=O) groups excluding carboxylic acids is 2. The van der Waals surface area contributed by atoms with Gasteiger partial charge in [0, 0.05) is 21.7 Å². The summed E-state index contributed by atoms with van der Waals surface area (Å²) in [7, 11) is 0. The lowest BCUT2D eigenvalue weighted by molar-refractivity contribution is 0.0499. The van der Waals surface area contributed by atoms with Crippen LogP contribution in [0.15, 0.2) is 72.8 Å². The highest BCUT2D eigenvalue weighted by Gasteiger charge is 2.39. The molecule has 2 aliphatic rings. The van der Waals surface area contributed by atoms with Gasteiger partial charge in [-0.15, -0.1) is 0 Å². The summed E-state index contributed by atoms with van der Waals surface area (Å²) >= 11 is 12.7. The molecule has 0 saturated carbocycles. The molecule has 5 rings (SSSR count). The first-order chi connectivity index (χ1) is 17.5. The second-order valence-electron chi connectivity index (χ2n) is 8.96. The number of carbonyl (C=O) groups is 2. The molecular formula is C29H25Cl2NO4. The molecule has 0 saturated heterocycles. The van der Waals surface area contributed by atoms with Crippen molar-refractivity contribution in [3.05, 3.63) is 105 Å². The lowest BCUT2D eigenvalue weighted by atomic mass is 9.76. The van der Waals surface area contributed by atoms with E-state index in [-0.39, 0.29) is 29.2 Å². The number of nitrogens with one attached hydrogen (secondary N) is 1. The largest absolute Gasteiger partial charge is 0.462 e. The predicted molar refractivity (Wildman–Crippen MR) is 141 cm³/mol. The van der Waals surface area contributed by atoms with E-state index in [4.69, 9.17) is 32.7 Å². The average Bonchev–Trinajstić information content (AvgIpc) is 3.37. The van der Waals surface area contributed by atoms with E-state index < -0.39 is 11.9 Å². The smallest absolute Gasteiger partial charge is 0.343 e. The van der Waals surface area contributed by atoms with Crippen LogP contribution in [0.5, 0.6) is 5.75 Å². The molecule has 1 N–H and O–H groups in total. The SMILES string of the molecule is CCCOC(=O)c1ccccc1OC(=O)c1ccc2c(c1)[C@H]1C=CC[C@H]1[C@H](c1ccc(Cl)cc1Cl)N2. The zero-order chi connectivity index (χ0) is 25.2. The van der Waals surface area contributed by atoms with Crippen molar-refractivity contribution >= 4 is 40.8 Å². The number of para-hydroxylation sites is 1. The van der Waals surface area contributed by atoms with Gasteiger partial charge in [0.15, 0.2) is 0 Å². The first-order valence-electron chi connectivity index (χ1n) is 12.0. The average molecular weight is 522 g/mol. The van der Waals surface area contributed by atoms with Crippen molar-refractivity contribution < 1.29 is 19.1 Å². The third kappa shape index (κ3) is 4.73. The number of hydrogen-bond donors (Lipinski definition) is 1. The maximum absolute atomic E-state index is 13.1. The summed E-state index contributed by atoms with van der Waals surface area (Å²) in [6.45, 7) is 2.22. The Balaban J connectivity index is 1.41. The molecule has 7 heteroatoms. The molecule has 184 valence electrons. The fourth-order valence-electron chi connectivity index (χ4n) is 4.94. The lowest BCUT2D eigenvalue weighted by Gasteiger charge is -2.38. The Bertz CT molecular complexity index is 1350. The highest BCUT2D eigenvalue weighted by molar-refractivity contribution is 6.35. The van der Waals surface area contributed by atoms with E-state index >= 15 is 0 Å². The normalized spacial score (nSPS) is 19.7. The van der Waals surface area contributed by atoms with Crippen molar-refractivity contribution in [2.75, 3.05) is 11.9 Å². The number of ether oxygens (including phenoxy) is 2. The minimum absolute atomic E-state index is 0.0149. The van der Waals surface area contributed by atoms with Crippen LogP contribution in [-0.2, 0) is 4.74 Å². The van der Waals surface area contributed by atoms with Gasteiger partial charge >= 0.3 is 11.9 Å². The van der Waals surface area contributed by atoms with Crippen LogP contribution in [0.2, 0.25) is 10.0 Å². The van der Waals surface area contributed by atoms with E-state index in [9.17, 15) is 9.59 Å². The highest BCUT2D eigenvalue weighted by Crippen LogP contribution is 2.51. The maximum atomic E-state index is 13.1. The number of anilines is 1. The van der Waals surface area contributed by atoms with Crippen LogP contribution in [0.3, 0.4) is 0 Å². The Morgan fingerprint density at radius 2 is 1.83 bits per heavy atom. The van der Waals surface area contributed by atoms with Gasteiger partial charge in [-0.2, -0.15) is 0 Å². The fraction of sp³-hybridized carbons (Fsp3) is 0.241. The fourth-order valence-corrected chi connectivity index (χ4v) is 5.46. The van der Waals surface area contributed by atoms with E-state index in [1.807, 2.05) is 31.2 Å². The third-order valence-corrected chi connectivity index (χ3v) is 7.21. The van der Waals surface area contributed by atoms with Crippen LogP contribution < -0.4 is 10.1 Å². The molecule has 1 aliphatic heterocycles. The maximum Gasteiger partial charge on any atom is 0.343 e. The molecule has 0 amide bonds. The zero-order valence-electron chi connectivity index (χ0n) is 19.7. The van der Waals surface area contributed by atoms with Crippen LogP contribution in [0.4, 0.5) is 5.69 Å². The van der Waals surface area contributed by atoms with Crippen LogP contribution in [0, 0.1) is 5.92 Å². The predicted octanol–water partition coefficient (Wildman–Crippen LogP) is 7.61. The van der Waals surface area contributed by atoms with Gasteiger partial charge < -0.3 is 14.8 Å². The number of benzene rings is 3. The Hall–Kier alpha value is -3.28. The molecule has 0 spiro atoms. The molecule has 3 atom stereocenters. The van der Waals surface area contributed by atoms with E-state index in [0.29, 0.717) is 28.6 Å². The molecule has 5 nitrogen and oxygen atoms in total. The Labute approximate surface area is 220 Å². The molecule has 0 radical (unpaired) electrons. The number of fused-ring (bicyclic) bond motifs is 3. The summed E-state index contributed by atoms with van der Waals surface area (Å²) in [6.07, 6.45) is 5.96. The van der Waals surface area contributed by atoms with Crippen LogP contribution >= 0.6 is 23.2 Å². The van der Waals surface area contributed by atoms with E-state index in [1.165, 1.54) is 0 Å². The molecule has 0 aromatic heterocycles. The topological polar surface area (TPSA) is 64.6 Å². The second kappa shape index (κ2) is 10.4. The van der Waals surface area contributed by atoms with Crippen molar-refractivity contribution in [2.45, 2.75) is 31.7 Å². The molecular weight excluding hydrogens is 497 g/mol. The summed E-state index contributed by atoms with van der Waals surface area (Å²) in [5, 5.41) is 4.85. The van der Waals surface area contributed by atoms with Crippen LogP contribution in [0.25, 0.3) is 0 Å². The highest BCUT2D eigenvalue weighted by atomic mass is 35.5. The van der Waals surface area contributed by atoms with Crippen molar-refractivity contribution in [1.29, 1.82) is 0 Å². The van der Waals surface area contributed by atoms with Gasteiger partial charge in [-0.3, -0.25) is 0 Å². The minimum Gasteiger partial charge on any atom is -0.462 e. The summed E-state index contributed by atoms with van der Waals surface area (Å²) < 4.78 is 10.9. The number of allylic oxidation sites excluding steroid dienone is 2. The van der Waals surface area contributed by atoms with Crippen LogP contribution in [0.1, 0.15) is 63.6 Å². The Morgan fingerprint density at radius 1 is 1.00 bits per heavy atom. The third-order valence-electron chi connectivity index (χ3n) is 6.64. The monoisotopic (exact) mass is 521 g/mol. The number of esters is 2. The first kappa shape index (κ1) is 24.4. The van der Waals surface area contributed by atoms with E-state index in [0.717, 1.165) is 23.2 Å². The summed E-state index contributed by atoms with van der Waals surface area (Å²) in [4.78, 5) is 25.5. The molecule has 1 heterocycles. The lowest BCUT2D eigenvalue weighted by Crippen LogP contribution is -2.29. The number of hydrogen-bond acceptors (Lipinski definition) is 5. The molecule has 36 heavy (non-hydrogen) atoms. The number of rotatable bonds is 6. The van der Waals surface area contributed by atoms with E-state index in [2.05, 4.69) is 17.5 Å².